The Bertz CT molecular complexity index is 619. The zero-order valence-corrected chi connectivity index (χ0v) is 13.6. The first-order valence-corrected chi connectivity index (χ1v) is 8.57. The fourth-order valence-electron chi connectivity index (χ4n) is 3.57. The van der Waals surface area contributed by atoms with Gasteiger partial charge in [-0.1, -0.05) is 0 Å². The minimum Gasteiger partial charge on any atom is -0.381 e. The molecule has 2 fully saturated rings. The Morgan fingerprint density at radius 2 is 2.12 bits per heavy atom. The number of carbonyl (C=O) groups is 2. The van der Waals surface area contributed by atoms with E-state index < -0.39 is 6.04 Å². The number of rotatable bonds is 2. The van der Waals surface area contributed by atoms with Gasteiger partial charge in [-0.2, -0.15) is 5.10 Å². The van der Waals surface area contributed by atoms with Gasteiger partial charge in [0.2, 0.25) is 5.91 Å². The molecule has 8 nitrogen and oxygen atoms in total. The highest BCUT2D eigenvalue weighted by molar-refractivity contribution is 5.83. The third kappa shape index (κ3) is 2.80. The second-order valence-electron chi connectivity index (χ2n) is 6.54. The van der Waals surface area contributed by atoms with Gasteiger partial charge < -0.3 is 9.64 Å². The second kappa shape index (κ2) is 6.52. The number of amides is 2. The number of carbonyl (C=O) groups excluding carboxylic acids is 2. The van der Waals surface area contributed by atoms with Crippen LogP contribution in [0.5, 0.6) is 0 Å². The molecule has 130 valence electrons. The first kappa shape index (κ1) is 15.6. The van der Waals surface area contributed by atoms with Crippen molar-refractivity contribution in [3.63, 3.8) is 0 Å². The average Bonchev–Trinajstić information content (AvgIpc) is 3.31. The number of hydrogen-bond acceptors (Lipinski definition) is 5. The lowest BCUT2D eigenvalue weighted by molar-refractivity contribution is -0.201. The van der Waals surface area contributed by atoms with Gasteiger partial charge in [0.25, 0.3) is 5.91 Å². The topological polar surface area (TPSA) is 76.9 Å². The number of fused-ring (bicyclic) bond motifs is 1. The van der Waals surface area contributed by atoms with E-state index in [2.05, 4.69) is 5.10 Å². The molecule has 1 aromatic heterocycles. The normalized spacial score (nSPS) is 27.2. The first-order chi connectivity index (χ1) is 11.7. The van der Waals surface area contributed by atoms with Crippen LogP contribution in [0.25, 0.3) is 0 Å². The molecule has 4 heterocycles. The smallest absolute Gasteiger partial charge is 0.272 e. The Hall–Kier alpha value is -1.93. The highest BCUT2D eigenvalue weighted by Crippen LogP contribution is 2.26. The predicted molar refractivity (Wildman–Crippen MR) is 82.5 cm³/mol. The minimum atomic E-state index is -0.520. The molecule has 0 aliphatic carbocycles. The van der Waals surface area contributed by atoms with Gasteiger partial charge in [-0.15, -0.1) is 0 Å². The summed E-state index contributed by atoms with van der Waals surface area (Å²) in [5.41, 5.74) is 0.879. The van der Waals surface area contributed by atoms with Gasteiger partial charge in [0.05, 0.1) is 37.9 Å². The molecule has 2 saturated heterocycles. The maximum atomic E-state index is 12.9. The van der Waals surface area contributed by atoms with E-state index in [1.54, 1.807) is 15.8 Å². The lowest BCUT2D eigenvalue weighted by Gasteiger charge is -2.37. The van der Waals surface area contributed by atoms with Crippen LogP contribution in [0, 0.1) is 5.92 Å². The number of ether oxygens (including phenoxy) is 1. The molecule has 3 aliphatic heterocycles. The summed E-state index contributed by atoms with van der Waals surface area (Å²) in [5, 5.41) is 5.73. The zero-order valence-electron chi connectivity index (χ0n) is 13.6. The molecule has 8 heteroatoms. The van der Waals surface area contributed by atoms with Crippen LogP contribution < -0.4 is 0 Å². The van der Waals surface area contributed by atoms with Gasteiger partial charge in [0.15, 0.2) is 6.04 Å². The summed E-state index contributed by atoms with van der Waals surface area (Å²) in [6.45, 7) is 3.08. The largest absolute Gasteiger partial charge is 0.381 e. The number of aromatic nitrogens is 2. The van der Waals surface area contributed by atoms with Crippen LogP contribution in [0.15, 0.2) is 12.3 Å². The fourth-order valence-corrected chi connectivity index (χ4v) is 3.57. The fraction of sp³-hybridized carbons (Fsp3) is 0.688. The molecule has 4 rings (SSSR count). The maximum Gasteiger partial charge on any atom is 0.272 e. The molecule has 1 aromatic rings. The highest BCUT2D eigenvalue weighted by Gasteiger charge is 2.38. The van der Waals surface area contributed by atoms with Gasteiger partial charge in [-0.3, -0.25) is 19.1 Å². The lowest BCUT2D eigenvalue weighted by atomic mass is 10.1. The van der Waals surface area contributed by atoms with E-state index in [1.807, 2.05) is 6.07 Å². The van der Waals surface area contributed by atoms with E-state index in [9.17, 15) is 9.59 Å². The van der Waals surface area contributed by atoms with Crippen LogP contribution in [0.1, 0.15) is 31.0 Å². The second-order valence-corrected chi connectivity index (χ2v) is 6.54. The molecule has 0 bridgehead atoms. The summed E-state index contributed by atoms with van der Waals surface area (Å²) >= 11 is 0. The molecule has 0 unspecified atom stereocenters. The summed E-state index contributed by atoms with van der Waals surface area (Å²) in [6.07, 6.45) is 4.34. The lowest BCUT2D eigenvalue weighted by Crippen LogP contribution is -2.50. The zero-order chi connectivity index (χ0) is 16.5. The summed E-state index contributed by atoms with van der Waals surface area (Å²) in [5.74, 6) is -0.154. The standard InChI is InChI=1S/C16H22N4O4/c21-15(12-4-8-23-11-12)18-9-13-3-5-17-20(13)14(10-18)16(22)19-6-1-2-7-24-19/h3,5,12,14H,1-2,4,6-11H2/t12-,14-/m1/s1. The van der Waals surface area contributed by atoms with E-state index in [-0.39, 0.29) is 17.7 Å². The Morgan fingerprint density at radius 1 is 1.21 bits per heavy atom. The predicted octanol–water partition coefficient (Wildman–Crippen LogP) is 0.357. The Labute approximate surface area is 140 Å². The first-order valence-electron chi connectivity index (χ1n) is 8.57. The van der Waals surface area contributed by atoms with Crippen molar-refractivity contribution >= 4 is 11.8 Å². The van der Waals surface area contributed by atoms with Crippen LogP contribution in [0.4, 0.5) is 0 Å². The van der Waals surface area contributed by atoms with E-state index in [1.165, 1.54) is 5.06 Å². The molecular formula is C16H22N4O4. The molecular weight excluding hydrogens is 312 g/mol. The number of hydrogen-bond donors (Lipinski definition) is 0. The minimum absolute atomic E-state index is 0.0670. The van der Waals surface area contributed by atoms with Crippen LogP contribution in [-0.4, -0.2) is 64.5 Å². The van der Waals surface area contributed by atoms with Crippen LogP contribution in [-0.2, 0) is 25.7 Å². The van der Waals surface area contributed by atoms with Crippen LogP contribution in [0.2, 0.25) is 0 Å². The van der Waals surface area contributed by atoms with E-state index >= 15 is 0 Å². The van der Waals surface area contributed by atoms with E-state index in [0.717, 1.165) is 25.0 Å². The molecule has 2 atom stereocenters. The van der Waals surface area contributed by atoms with Crippen molar-refractivity contribution in [1.29, 1.82) is 0 Å². The average molecular weight is 334 g/mol. The molecule has 0 N–H and O–H groups in total. The third-order valence-electron chi connectivity index (χ3n) is 4.92. The van der Waals surface area contributed by atoms with E-state index in [0.29, 0.717) is 39.5 Å². The van der Waals surface area contributed by atoms with Gasteiger partial charge >= 0.3 is 0 Å². The molecule has 24 heavy (non-hydrogen) atoms. The summed E-state index contributed by atoms with van der Waals surface area (Å²) < 4.78 is 7.06. The Kier molecular flexibility index (Phi) is 4.24. The van der Waals surface area contributed by atoms with Crippen molar-refractivity contribution in [3.05, 3.63) is 18.0 Å². The molecule has 0 saturated carbocycles. The van der Waals surface area contributed by atoms with Crippen molar-refractivity contribution in [3.8, 4) is 0 Å². The van der Waals surface area contributed by atoms with Crippen molar-refractivity contribution in [2.24, 2.45) is 5.92 Å². The van der Waals surface area contributed by atoms with Crippen molar-refractivity contribution in [2.45, 2.75) is 31.8 Å². The van der Waals surface area contributed by atoms with Crippen molar-refractivity contribution in [1.82, 2.24) is 19.7 Å². The number of hydroxylamine groups is 2. The van der Waals surface area contributed by atoms with Gasteiger partial charge in [0.1, 0.15) is 0 Å². The molecule has 2 amide bonds. The Balaban J connectivity index is 1.54. The van der Waals surface area contributed by atoms with Gasteiger partial charge in [-0.25, -0.2) is 5.06 Å². The maximum absolute atomic E-state index is 12.9. The molecule has 0 radical (unpaired) electrons. The quantitative estimate of drug-likeness (QED) is 0.780. The van der Waals surface area contributed by atoms with E-state index in [4.69, 9.17) is 9.57 Å². The summed E-state index contributed by atoms with van der Waals surface area (Å²) in [4.78, 5) is 32.9. The van der Waals surface area contributed by atoms with Crippen molar-refractivity contribution in [2.75, 3.05) is 32.9 Å². The highest BCUT2D eigenvalue weighted by atomic mass is 16.7. The summed E-state index contributed by atoms with van der Waals surface area (Å²) in [7, 11) is 0. The summed E-state index contributed by atoms with van der Waals surface area (Å²) in [6, 6.07) is 1.34. The van der Waals surface area contributed by atoms with Gasteiger partial charge in [0, 0.05) is 19.3 Å². The number of nitrogens with zero attached hydrogens (tertiary/aromatic N) is 4. The van der Waals surface area contributed by atoms with Crippen LogP contribution >= 0.6 is 0 Å². The van der Waals surface area contributed by atoms with Gasteiger partial charge in [-0.05, 0) is 25.3 Å². The monoisotopic (exact) mass is 334 g/mol. The van der Waals surface area contributed by atoms with Crippen LogP contribution in [0.3, 0.4) is 0 Å². The van der Waals surface area contributed by atoms with Crippen molar-refractivity contribution < 1.29 is 19.2 Å². The molecule has 0 spiro atoms. The SMILES string of the molecule is O=C([C@@H]1CCOC1)N1Cc2ccnn2[C@@H](C(=O)N2CCCCO2)C1. The third-order valence-corrected chi connectivity index (χ3v) is 4.92. The molecule has 3 aliphatic rings. The Morgan fingerprint density at radius 3 is 2.88 bits per heavy atom. The molecule has 0 aromatic carbocycles.